The number of hydrogen-bond acceptors (Lipinski definition) is 5. The molecule has 4 rings (SSSR count). The summed E-state index contributed by atoms with van der Waals surface area (Å²) < 4.78 is 38.4. The third kappa shape index (κ3) is 5.06. The van der Waals surface area contributed by atoms with E-state index in [0.717, 1.165) is 62.0 Å². The van der Waals surface area contributed by atoms with Crippen molar-refractivity contribution in [1.29, 1.82) is 0 Å². The summed E-state index contributed by atoms with van der Waals surface area (Å²) in [5, 5.41) is 2.94. The van der Waals surface area contributed by atoms with Crippen molar-refractivity contribution in [2.24, 2.45) is 0 Å². The van der Waals surface area contributed by atoms with Gasteiger partial charge in [-0.15, -0.1) is 0 Å². The first kappa shape index (κ1) is 24.1. The van der Waals surface area contributed by atoms with Crippen molar-refractivity contribution in [3.05, 3.63) is 59.2 Å². The molecule has 1 amide bonds. The monoisotopic (exact) mass is 472 g/mol. The molecular weight excluding hydrogens is 442 g/mol. The van der Waals surface area contributed by atoms with E-state index >= 15 is 0 Å². The maximum Gasteiger partial charge on any atom is 0.293 e. The van der Waals surface area contributed by atoms with E-state index in [4.69, 9.17) is 9.47 Å². The van der Waals surface area contributed by atoms with Crippen LogP contribution in [0, 0.1) is 11.6 Å². The predicted octanol–water partition coefficient (Wildman–Crippen LogP) is 4.70. The molecule has 1 aliphatic carbocycles. The zero-order valence-electron chi connectivity index (χ0n) is 19.3. The second kappa shape index (κ2) is 10.5. The number of carbonyl (C=O) groups excluding carboxylic acids is 2. The highest BCUT2D eigenvalue weighted by atomic mass is 19.1. The van der Waals surface area contributed by atoms with Gasteiger partial charge in [0.2, 0.25) is 5.91 Å². The summed E-state index contributed by atoms with van der Waals surface area (Å²) in [7, 11) is 0. The number of ether oxygens (including phenoxy) is 2. The molecule has 1 N–H and O–H groups in total. The van der Waals surface area contributed by atoms with Crippen LogP contribution in [0.2, 0.25) is 0 Å². The van der Waals surface area contributed by atoms with E-state index < -0.39 is 23.1 Å². The van der Waals surface area contributed by atoms with Gasteiger partial charge in [-0.2, -0.15) is 0 Å². The van der Waals surface area contributed by atoms with Crippen LogP contribution >= 0.6 is 0 Å². The zero-order valence-corrected chi connectivity index (χ0v) is 19.3. The van der Waals surface area contributed by atoms with Crippen molar-refractivity contribution in [2.45, 2.75) is 57.1 Å². The van der Waals surface area contributed by atoms with Gasteiger partial charge < -0.3 is 19.7 Å². The molecule has 34 heavy (non-hydrogen) atoms. The summed E-state index contributed by atoms with van der Waals surface area (Å²) in [6.45, 7) is 4.63. The molecular formula is C26H30F2N2O4. The molecule has 2 aromatic carbocycles. The molecule has 1 heterocycles. The first-order chi connectivity index (χ1) is 16.5. The molecule has 182 valence electrons. The standard InChI is InChI=1S/C26H30F2N2O4/c1-2-30(21-8-12-33-13-9-21)24-7-5-19(26(34-17-31)10-3-11-26)15-23(24)29-25(32)14-18-4-6-20(27)16-22(18)28/h4-7,15-17,21H,2-3,8-14H2,1H3,(H,29,32). The van der Waals surface area contributed by atoms with Crippen LogP contribution < -0.4 is 10.2 Å². The number of anilines is 2. The average Bonchev–Trinajstić information content (AvgIpc) is 2.80. The molecule has 1 saturated heterocycles. The second-order valence-electron chi connectivity index (χ2n) is 8.88. The smallest absolute Gasteiger partial charge is 0.293 e. The first-order valence-electron chi connectivity index (χ1n) is 11.8. The number of hydrogen-bond donors (Lipinski definition) is 1. The number of halogens is 2. The highest BCUT2D eigenvalue weighted by Crippen LogP contribution is 2.46. The van der Waals surface area contributed by atoms with Crippen LogP contribution in [0.3, 0.4) is 0 Å². The lowest BCUT2D eigenvalue weighted by Gasteiger charge is -2.41. The Balaban J connectivity index is 1.65. The van der Waals surface area contributed by atoms with Gasteiger partial charge in [0.05, 0.1) is 17.8 Å². The molecule has 8 heteroatoms. The third-order valence-electron chi connectivity index (χ3n) is 6.88. The minimum absolute atomic E-state index is 0.119. The van der Waals surface area contributed by atoms with Crippen LogP contribution in [0.1, 0.15) is 50.2 Å². The molecule has 2 fully saturated rings. The average molecular weight is 473 g/mol. The predicted molar refractivity (Wildman–Crippen MR) is 125 cm³/mol. The van der Waals surface area contributed by atoms with Gasteiger partial charge in [0.25, 0.3) is 6.47 Å². The number of amides is 1. The summed E-state index contributed by atoms with van der Waals surface area (Å²) in [6, 6.07) is 9.22. The Bertz CT molecular complexity index is 1040. The molecule has 1 aliphatic heterocycles. The lowest BCUT2D eigenvalue weighted by molar-refractivity contribution is -0.155. The maximum atomic E-state index is 14.1. The van der Waals surface area contributed by atoms with Gasteiger partial charge in [0.15, 0.2) is 0 Å². The van der Waals surface area contributed by atoms with Crippen LogP contribution in [0.15, 0.2) is 36.4 Å². The molecule has 2 aliphatic rings. The maximum absolute atomic E-state index is 14.1. The third-order valence-corrected chi connectivity index (χ3v) is 6.88. The summed E-state index contributed by atoms with van der Waals surface area (Å²) in [5.74, 6) is -1.85. The van der Waals surface area contributed by atoms with Gasteiger partial charge in [-0.05, 0) is 68.4 Å². The molecule has 1 saturated carbocycles. The summed E-state index contributed by atoms with van der Waals surface area (Å²) in [6.07, 6.45) is 3.91. The van der Waals surface area contributed by atoms with Crippen LogP contribution in [0.4, 0.5) is 20.2 Å². The lowest BCUT2D eigenvalue weighted by Crippen LogP contribution is -2.40. The fourth-order valence-corrected chi connectivity index (χ4v) is 4.89. The van der Waals surface area contributed by atoms with E-state index in [2.05, 4.69) is 17.1 Å². The Morgan fingerprint density at radius 3 is 2.59 bits per heavy atom. The molecule has 0 bridgehead atoms. The number of nitrogens with zero attached hydrogens (tertiary/aromatic N) is 1. The van der Waals surface area contributed by atoms with Gasteiger partial charge in [-0.1, -0.05) is 12.1 Å². The van der Waals surface area contributed by atoms with Gasteiger partial charge in [0.1, 0.15) is 17.2 Å². The van der Waals surface area contributed by atoms with Crippen LogP contribution in [0.5, 0.6) is 0 Å². The number of nitrogens with one attached hydrogen (secondary N) is 1. The minimum Gasteiger partial charge on any atom is -0.456 e. The number of benzene rings is 2. The van der Waals surface area contributed by atoms with Gasteiger partial charge in [-0.3, -0.25) is 9.59 Å². The molecule has 6 nitrogen and oxygen atoms in total. The van der Waals surface area contributed by atoms with Gasteiger partial charge in [0, 0.05) is 31.9 Å². The second-order valence-corrected chi connectivity index (χ2v) is 8.88. The fraction of sp³-hybridized carbons (Fsp3) is 0.462. The number of rotatable bonds is 9. The lowest BCUT2D eigenvalue weighted by atomic mass is 9.74. The van der Waals surface area contributed by atoms with E-state index in [9.17, 15) is 18.4 Å². The van der Waals surface area contributed by atoms with Crippen molar-refractivity contribution < 1.29 is 27.8 Å². The quantitative estimate of drug-likeness (QED) is 0.536. The van der Waals surface area contributed by atoms with Gasteiger partial charge in [-0.25, -0.2) is 8.78 Å². The molecule has 0 radical (unpaired) electrons. The molecule has 0 spiro atoms. The van der Waals surface area contributed by atoms with E-state index in [0.29, 0.717) is 25.4 Å². The normalized spacial score (nSPS) is 17.5. The van der Waals surface area contributed by atoms with E-state index in [1.807, 2.05) is 18.2 Å². The molecule has 0 unspecified atom stereocenters. The Labute approximate surface area is 198 Å². The summed E-state index contributed by atoms with van der Waals surface area (Å²) in [5.41, 5.74) is 1.69. The Kier molecular flexibility index (Phi) is 7.46. The highest BCUT2D eigenvalue weighted by Gasteiger charge is 2.41. The van der Waals surface area contributed by atoms with E-state index in [1.165, 1.54) is 6.07 Å². The summed E-state index contributed by atoms with van der Waals surface area (Å²) >= 11 is 0. The van der Waals surface area contributed by atoms with E-state index in [1.54, 1.807) is 0 Å². The SMILES string of the molecule is CCN(c1ccc(C2(OC=O)CCC2)cc1NC(=O)Cc1ccc(F)cc1F)C1CCOCC1. The van der Waals surface area contributed by atoms with Crippen molar-refractivity contribution in [3.8, 4) is 0 Å². The molecule has 0 aromatic heterocycles. The van der Waals surface area contributed by atoms with Crippen LogP contribution in [-0.4, -0.2) is 38.2 Å². The fourth-order valence-electron chi connectivity index (χ4n) is 4.89. The molecule has 2 aromatic rings. The first-order valence-corrected chi connectivity index (χ1v) is 11.8. The van der Waals surface area contributed by atoms with Crippen LogP contribution in [0.25, 0.3) is 0 Å². The van der Waals surface area contributed by atoms with Crippen molar-refractivity contribution >= 4 is 23.8 Å². The highest BCUT2D eigenvalue weighted by molar-refractivity contribution is 5.96. The van der Waals surface area contributed by atoms with Crippen molar-refractivity contribution in [3.63, 3.8) is 0 Å². The topological polar surface area (TPSA) is 67.9 Å². The zero-order chi connectivity index (χ0) is 24.1. The Hall–Kier alpha value is -3.00. The largest absolute Gasteiger partial charge is 0.456 e. The van der Waals surface area contributed by atoms with Crippen molar-refractivity contribution in [2.75, 3.05) is 30.0 Å². The summed E-state index contributed by atoms with van der Waals surface area (Å²) in [4.78, 5) is 26.3. The Morgan fingerprint density at radius 1 is 1.21 bits per heavy atom. The molecule has 0 atom stereocenters. The van der Waals surface area contributed by atoms with E-state index in [-0.39, 0.29) is 18.0 Å². The number of carbonyl (C=O) groups is 2. The Morgan fingerprint density at radius 2 is 1.97 bits per heavy atom. The van der Waals surface area contributed by atoms with Crippen LogP contribution in [-0.2, 0) is 31.1 Å². The van der Waals surface area contributed by atoms with Crippen molar-refractivity contribution in [1.82, 2.24) is 0 Å². The van der Waals surface area contributed by atoms with Gasteiger partial charge >= 0.3 is 0 Å². The minimum atomic E-state index is -0.755.